The van der Waals surface area contributed by atoms with E-state index in [2.05, 4.69) is 31.8 Å². The highest BCUT2D eigenvalue weighted by atomic mass is 79.9. The van der Waals surface area contributed by atoms with Crippen LogP contribution in [-0.4, -0.2) is 16.8 Å². The van der Waals surface area contributed by atoms with Gasteiger partial charge in [-0.25, -0.2) is 0 Å². The molecule has 1 aromatic heterocycles. The number of hydrogen-bond donors (Lipinski definition) is 2. The van der Waals surface area contributed by atoms with Crippen LogP contribution >= 0.6 is 27.5 Å². The predicted octanol–water partition coefficient (Wildman–Crippen LogP) is 2.57. The number of pyridine rings is 1. The fourth-order valence-corrected chi connectivity index (χ4v) is 1.99. The van der Waals surface area contributed by atoms with E-state index in [-0.39, 0.29) is 5.56 Å². The topological polar surface area (TPSA) is 71.1 Å². The number of carbonyl (C=O) groups excluding carboxylic acids is 2. The molecule has 0 fully saturated rings. The third-order valence-electron chi connectivity index (χ3n) is 2.41. The standard InChI is InChI=1S/C13H9BrClN3O2/c14-9-1-2-11(15)10(7-9)13(20)18-17-12(19)8-3-5-16-6-4-8/h1-7H,(H,17,19)(H,18,20). The van der Waals surface area contributed by atoms with E-state index in [1.54, 1.807) is 18.2 Å². The largest absolute Gasteiger partial charge is 0.271 e. The molecule has 5 nitrogen and oxygen atoms in total. The number of hydrazine groups is 1. The molecule has 0 radical (unpaired) electrons. The Kier molecular flexibility index (Phi) is 4.70. The van der Waals surface area contributed by atoms with Gasteiger partial charge in [-0.2, -0.15) is 0 Å². The Morgan fingerprint density at radius 3 is 2.40 bits per heavy atom. The van der Waals surface area contributed by atoms with Crippen LogP contribution in [-0.2, 0) is 0 Å². The average Bonchev–Trinajstić information content (AvgIpc) is 2.47. The lowest BCUT2D eigenvalue weighted by molar-refractivity contribution is 0.0846. The molecule has 1 aromatic carbocycles. The van der Waals surface area contributed by atoms with Gasteiger partial charge in [-0.1, -0.05) is 27.5 Å². The first kappa shape index (κ1) is 14.5. The molecule has 2 amide bonds. The first-order chi connectivity index (χ1) is 9.58. The van der Waals surface area contributed by atoms with E-state index in [0.29, 0.717) is 15.1 Å². The number of nitrogens with zero attached hydrogens (tertiary/aromatic N) is 1. The molecule has 1 heterocycles. The smallest absolute Gasteiger partial charge is 0.267 e. The monoisotopic (exact) mass is 353 g/mol. The molecule has 2 N–H and O–H groups in total. The maximum Gasteiger partial charge on any atom is 0.271 e. The maximum atomic E-state index is 11.9. The highest BCUT2D eigenvalue weighted by Crippen LogP contribution is 2.20. The zero-order valence-corrected chi connectivity index (χ0v) is 12.4. The van der Waals surface area contributed by atoms with E-state index in [1.165, 1.54) is 24.5 Å². The summed E-state index contributed by atoms with van der Waals surface area (Å²) in [5.41, 5.74) is 5.25. The molecule has 2 rings (SSSR count). The minimum atomic E-state index is -0.501. The van der Waals surface area contributed by atoms with Gasteiger partial charge < -0.3 is 0 Å². The lowest BCUT2D eigenvalue weighted by atomic mass is 10.2. The molecule has 0 unspecified atom stereocenters. The fourth-order valence-electron chi connectivity index (χ4n) is 1.43. The first-order valence-electron chi connectivity index (χ1n) is 5.53. The van der Waals surface area contributed by atoms with E-state index in [9.17, 15) is 9.59 Å². The first-order valence-corrected chi connectivity index (χ1v) is 6.71. The third-order valence-corrected chi connectivity index (χ3v) is 3.23. The zero-order valence-electron chi connectivity index (χ0n) is 10.1. The number of amides is 2. The molecule has 0 spiro atoms. The zero-order chi connectivity index (χ0) is 14.5. The van der Waals surface area contributed by atoms with Gasteiger partial charge in [0.15, 0.2) is 0 Å². The van der Waals surface area contributed by atoms with Gasteiger partial charge in [0.1, 0.15) is 0 Å². The van der Waals surface area contributed by atoms with Gasteiger partial charge in [0, 0.05) is 22.4 Å². The van der Waals surface area contributed by atoms with Gasteiger partial charge in [-0.15, -0.1) is 0 Å². The summed E-state index contributed by atoms with van der Waals surface area (Å²) < 4.78 is 0.715. The molecule has 0 saturated heterocycles. The minimum Gasteiger partial charge on any atom is -0.267 e. The normalized spacial score (nSPS) is 9.90. The van der Waals surface area contributed by atoms with Crippen LogP contribution in [0.15, 0.2) is 47.2 Å². The summed E-state index contributed by atoms with van der Waals surface area (Å²) in [5.74, 6) is -0.939. The van der Waals surface area contributed by atoms with Gasteiger partial charge in [-0.3, -0.25) is 25.4 Å². The Bertz CT molecular complexity index is 649. The van der Waals surface area contributed by atoms with Crippen molar-refractivity contribution < 1.29 is 9.59 Å². The van der Waals surface area contributed by atoms with Gasteiger partial charge in [-0.05, 0) is 30.3 Å². The van der Waals surface area contributed by atoms with Crippen molar-refractivity contribution in [1.82, 2.24) is 15.8 Å². The van der Waals surface area contributed by atoms with Crippen LogP contribution in [0.5, 0.6) is 0 Å². The summed E-state index contributed by atoms with van der Waals surface area (Å²) in [7, 11) is 0. The number of hydrogen-bond acceptors (Lipinski definition) is 3. The van der Waals surface area contributed by atoms with Crippen LogP contribution in [0.4, 0.5) is 0 Å². The Hall–Kier alpha value is -1.92. The Morgan fingerprint density at radius 2 is 1.70 bits per heavy atom. The van der Waals surface area contributed by atoms with Crippen LogP contribution < -0.4 is 10.9 Å². The summed E-state index contributed by atoms with van der Waals surface area (Å²) in [6, 6.07) is 7.94. The Balaban J connectivity index is 2.02. The SMILES string of the molecule is O=C(NNC(=O)c1cc(Br)ccc1Cl)c1ccncc1. The predicted molar refractivity (Wildman–Crippen MR) is 78.3 cm³/mol. The van der Waals surface area contributed by atoms with Crippen LogP contribution in [0.1, 0.15) is 20.7 Å². The summed E-state index contributed by atoms with van der Waals surface area (Å²) in [6.45, 7) is 0. The van der Waals surface area contributed by atoms with Crippen LogP contribution in [0.3, 0.4) is 0 Å². The molecular formula is C13H9BrClN3O2. The lowest BCUT2D eigenvalue weighted by Gasteiger charge is -2.08. The quantitative estimate of drug-likeness (QED) is 0.814. The van der Waals surface area contributed by atoms with Gasteiger partial charge in [0.25, 0.3) is 11.8 Å². The fraction of sp³-hybridized carbons (Fsp3) is 0. The summed E-state index contributed by atoms with van der Waals surface area (Å²) in [5, 5.41) is 0.295. The second kappa shape index (κ2) is 6.49. The van der Waals surface area contributed by atoms with Gasteiger partial charge in [0.05, 0.1) is 10.6 Å². The number of carbonyl (C=O) groups is 2. The van der Waals surface area contributed by atoms with Crippen LogP contribution in [0.2, 0.25) is 5.02 Å². The number of rotatable bonds is 2. The molecule has 0 aliphatic carbocycles. The molecule has 0 aliphatic heterocycles. The van der Waals surface area contributed by atoms with Crippen molar-refractivity contribution in [2.75, 3.05) is 0 Å². The molecule has 2 aromatic rings. The van der Waals surface area contributed by atoms with Crippen molar-refractivity contribution in [2.45, 2.75) is 0 Å². The van der Waals surface area contributed by atoms with E-state index in [0.717, 1.165) is 0 Å². The van der Waals surface area contributed by atoms with Crippen molar-refractivity contribution in [3.8, 4) is 0 Å². The van der Waals surface area contributed by atoms with E-state index in [1.807, 2.05) is 0 Å². The Morgan fingerprint density at radius 1 is 1.05 bits per heavy atom. The maximum absolute atomic E-state index is 11.9. The number of aromatic nitrogens is 1. The van der Waals surface area contributed by atoms with Gasteiger partial charge >= 0.3 is 0 Å². The lowest BCUT2D eigenvalue weighted by Crippen LogP contribution is -2.41. The van der Waals surface area contributed by atoms with Crippen molar-refractivity contribution in [3.63, 3.8) is 0 Å². The third kappa shape index (κ3) is 3.55. The van der Waals surface area contributed by atoms with Crippen molar-refractivity contribution in [2.24, 2.45) is 0 Å². The van der Waals surface area contributed by atoms with E-state index < -0.39 is 11.8 Å². The highest BCUT2D eigenvalue weighted by molar-refractivity contribution is 9.10. The van der Waals surface area contributed by atoms with Crippen LogP contribution in [0.25, 0.3) is 0 Å². The molecule has 20 heavy (non-hydrogen) atoms. The molecular weight excluding hydrogens is 346 g/mol. The molecule has 0 atom stereocenters. The second-order valence-electron chi connectivity index (χ2n) is 3.77. The van der Waals surface area contributed by atoms with Crippen LogP contribution in [0, 0.1) is 0 Å². The number of nitrogens with one attached hydrogen (secondary N) is 2. The summed E-state index contributed by atoms with van der Waals surface area (Å²) in [4.78, 5) is 27.4. The summed E-state index contributed by atoms with van der Waals surface area (Å²) >= 11 is 9.17. The number of benzene rings is 1. The molecule has 0 saturated carbocycles. The van der Waals surface area contributed by atoms with Crippen molar-refractivity contribution in [3.05, 3.63) is 63.3 Å². The molecule has 102 valence electrons. The number of halogens is 2. The summed E-state index contributed by atoms with van der Waals surface area (Å²) in [6.07, 6.45) is 2.98. The minimum absolute atomic E-state index is 0.260. The van der Waals surface area contributed by atoms with Crippen molar-refractivity contribution >= 4 is 39.3 Å². The molecule has 7 heteroatoms. The molecule has 0 bridgehead atoms. The van der Waals surface area contributed by atoms with E-state index in [4.69, 9.17) is 11.6 Å². The van der Waals surface area contributed by atoms with Crippen molar-refractivity contribution in [1.29, 1.82) is 0 Å². The second-order valence-corrected chi connectivity index (χ2v) is 5.09. The Labute approximate surface area is 128 Å². The van der Waals surface area contributed by atoms with E-state index >= 15 is 0 Å². The average molecular weight is 355 g/mol. The van der Waals surface area contributed by atoms with Gasteiger partial charge in [0.2, 0.25) is 0 Å². The molecule has 0 aliphatic rings. The highest BCUT2D eigenvalue weighted by Gasteiger charge is 2.12.